The number of amides is 1. The first-order chi connectivity index (χ1) is 10.1. The number of carbonyl (C=O) groups is 2. The van der Waals surface area contributed by atoms with E-state index in [1.54, 1.807) is 18.2 Å². The number of nitrogens with one attached hydrogen (secondary N) is 1. The zero-order valence-electron chi connectivity index (χ0n) is 10.8. The number of aromatic nitrogens is 1. The molecule has 2 aromatic rings. The number of carbonyl (C=O) groups excluding carboxylic acids is 2. The number of hydrogen-bond acceptors (Lipinski definition) is 4. The Kier molecular flexibility index (Phi) is 4.36. The molecule has 1 aromatic carbocycles. The SMILES string of the molecule is N#C[C@@H](C(=O)Nc1ccccn1)C(=O)c1ccc(F)cc1. The number of pyridine rings is 1. The van der Waals surface area contributed by atoms with Crippen LogP contribution in [-0.4, -0.2) is 16.7 Å². The van der Waals surface area contributed by atoms with Crippen LogP contribution in [0.5, 0.6) is 0 Å². The number of nitriles is 1. The highest BCUT2D eigenvalue weighted by Crippen LogP contribution is 2.12. The van der Waals surface area contributed by atoms with Crippen LogP contribution in [0.1, 0.15) is 10.4 Å². The van der Waals surface area contributed by atoms with E-state index in [2.05, 4.69) is 10.3 Å². The van der Waals surface area contributed by atoms with Gasteiger partial charge in [0.1, 0.15) is 11.6 Å². The normalized spacial score (nSPS) is 11.2. The van der Waals surface area contributed by atoms with Gasteiger partial charge in [-0.1, -0.05) is 6.07 Å². The Balaban J connectivity index is 2.15. The second kappa shape index (κ2) is 6.39. The van der Waals surface area contributed by atoms with Crippen LogP contribution in [0, 0.1) is 23.1 Å². The van der Waals surface area contributed by atoms with E-state index >= 15 is 0 Å². The number of halogens is 1. The first-order valence-corrected chi connectivity index (χ1v) is 6.03. The van der Waals surface area contributed by atoms with Crippen molar-refractivity contribution in [2.24, 2.45) is 5.92 Å². The molecule has 0 saturated carbocycles. The van der Waals surface area contributed by atoms with Crippen molar-refractivity contribution in [3.8, 4) is 6.07 Å². The molecule has 1 aromatic heterocycles. The Bertz CT molecular complexity index is 693. The molecule has 104 valence electrons. The molecule has 1 heterocycles. The number of benzene rings is 1. The van der Waals surface area contributed by atoms with Crippen molar-refractivity contribution in [3.05, 3.63) is 60.0 Å². The summed E-state index contributed by atoms with van der Waals surface area (Å²) in [5, 5.41) is 11.4. The number of rotatable bonds is 4. The molecular formula is C15H10FN3O2. The molecule has 0 aliphatic carbocycles. The Morgan fingerprint density at radius 1 is 1.19 bits per heavy atom. The largest absolute Gasteiger partial charge is 0.309 e. The van der Waals surface area contributed by atoms with Crippen LogP contribution in [0.25, 0.3) is 0 Å². The number of hydrogen-bond donors (Lipinski definition) is 1. The van der Waals surface area contributed by atoms with Gasteiger partial charge < -0.3 is 5.32 Å². The molecule has 21 heavy (non-hydrogen) atoms. The fourth-order valence-electron chi connectivity index (χ4n) is 1.65. The standard InChI is InChI=1S/C15H10FN3O2/c16-11-6-4-10(5-7-11)14(20)12(9-17)15(21)19-13-3-1-2-8-18-13/h1-8,12H,(H,18,19,21)/t12-/m1/s1. The molecular weight excluding hydrogens is 273 g/mol. The Morgan fingerprint density at radius 2 is 1.90 bits per heavy atom. The molecule has 0 aliphatic heterocycles. The van der Waals surface area contributed by atoms with E-state index in [4.69, 9.17) is 5.26 Å². The molecule has 0 spiro atoms. The Hall–Kier alpha value is -3.07. The number of anilines is 1. The summed E-state index contributed by atoms with van der Waals surface area (Å²) < 4.78 is 12.8. The predicted molar refractivity (Wildman–Crippen MR) is 72.7 cm³/mol. The summed E-state index contributed by atoms with van der Waals surface area (Å²) in [5.41, 5.74) is 0.0964. The summed E-state index contributed by atoms with van der Waals surface area (Å²) >= 11 is 0. The highest BCUT2D eigenvalue weighted by molar-refractivity contribution is 6.15. The smallest absolute Gasteiger partial charge is 0.250 e. The van der Waals surface area contributed by atoms with Gasteiger partial charge in [0.25, 0.3) is 5.91 Å². The first-order valence-electron chi connectivity index (χ1n) is 6.03. The molecule has 2 rings (SSSR count). The molecule has 0 saturated heterocycles. The fourth-order valence-corrected chi connectivity index (χ4v) is 1.65. The molecule has 6 heteroatoms. The van der Waals surface area contributed by atoms with Gasteiger partial charge in [-0.15, -0.1) is 0 Å². The minimum Gasteiger partial charge on any atom is -0.309 e. The quantitative estimate of drug-likeness (QED) is 0.688. The van der Waals surface area contributed by atoms with Crippen molar-refractivity contribution in [3.63, 3.8) is 0 Å². The maximum absolute atomic E-state index is 12.8. The van der Waals surface area contributed by atoms with Gasteiger partial charge in [0, 0.05) is 11.8 Å². The van der Waals surface area contributed by atoms with Crippen LogP contribution in [0.4, 0.5) is 10.2 Å². The Morgan fingerprint density at radius 3 is 2.48 bits per heavy atom. The van der Waals surface area contributed by atoms with Gasteiger partial charge in [0.15, 0.2) is 11.7 Å². The summed E-state index contributed by atoms with van der Waals surface area (Å²) in [5.74, 6) is -3.23. The molecule has 0 fully saturated rings. The topological polar surface area (TPSA) is 82.8 Å². The van der Waals surface area contributed by atoms with Crippen LogP contribution < -0.4 is 5.32 Å². The lowest BCUT2D eigenvalue weighted by Gasteiger charge is -2.09. The lowest BCUT2D eigenvalue weighted by Crippen LogP contribution is -2.29. The molecule has 1 N–H and O–H groups in total. The van der Waals surface area contributed by atoms with Gasteiger partial charge in [-0.2, -0.15) is 5.26 Å². The highest BCUT2D eigenvalue weighted by Gasteiger charge is 2.27. The second-order valence-electron chi connectivity index (χ2n) is 4.14. The number of Topliss-reactive ketones (excluding diaryl/α,β-unsaturated/α-hetero) is 1. The van der Waals surface area contributed by atoms with Crippen LogP contribution in [0.2, 0.25) is 0 Å². The van der Waals surface area contributed by atoms with Crippen molar-refractivity contribution in [1.29, 1.82) is 5.26 Å². The van der Waals surface area contributed by atoms with E-state index in [1.807, 2.05) is 0 Å². The molecule has 0 aliphatic rings. The van der Waals surface area contributed by atoms with E-state index in [1.165, 1.54) is 24.4 Å². The average molecular weight is 283 g/mol. The van der Waals surface area contributed by atoms with E-state index in [9.17, 15) is 14.0 Å². The predicted octanol–water partition coefficient (Wildman–Crippen LogP) is 2.18. The highest BCUT2D eigenvalue weighted by atomic mass is 19.1. The maximum atomic E-state index is 12.8. The molecule has 0 unspecified atom stereocenters. The van der Waals surface area contributed by atoms with Gasteiger partial charge in [-0.3, -0.25) is 9.59 Å². The monoisotopic (exact) mass is 283 g/mol. The molecule has 0 bridgehead atoms. The molecule has 1 atom stereocenters. The van der Waals surface area contributed by atoms with Crippen molar-refractivity contribution < 1.29 is 14.0 Å². The van der Waals surface area contributed by atoms with Crippen molar-refractivity contribution in [2.75, 3.05) is 5.32 Å². The Labute approximate surface area is 120 Å². The summed E-state index contributed by atoms with van der Waals surface area (Å²) in [6, 6.07) is 11.2. The third kappa shape index (κ3) is 3.48. The minimum absolute atomic E-state index is 0.0964. The van der Waals surface area contributed by atoms with Gasteiger partial charge in [0.05, 0.1) is 6.07 Å². The summed E-state index contributed by atoms with van der Waals surface area (Å²) in [4.78, 5) is 27.9. The maximum Gasteiger partial charge on any atom is 0.250 e. The van der Waals surface area contributed by atoms with E-state index < -0.39 is 23.4 Å². The summed E-state index contributed by atoms with van der Waals surface area (Å²) in [6.45, 7) is 0. The zero-order chi connectivity index (χ0) is 15.2. The second-order valence-corrected chi connectivity index (χ2v) is 4.14. The van der Waals surface area contributed by atoms with Crippen molar-refractivity contribution in [2.45, 2.75) is 0 Å². The third-order valence-corrected chi connectivity index (χ3v) is 2.70. The first kappa shape index (κ1) is 14.3. The van der Waals surface area contributed by atoms with Crippen LogP contribution in [-0.2, 0) is 4.79 Å². The van der Waals surface area contributed by atoms with Gasteiger partial charge in [-0.25, -0.2) is 9.37 Å². The zero-order valence-corrected chi connectivity index (χ0v) is 10.8. The average Bonchev–Trinajstić information content (AvgIpc) is 2.49. The molecule has 1 amide bonds. The fraction of sp³-hybridized carbons (Fsp3) is 0.0667. The lowest BCUT2D eigenvalue weighted by molar-refractivity contribution is -0.117. The number of nitrogens with zero attached hydrogens (tertiary/aromatic N) is 2. The number of ketones is 1. The minimum atomic E-state index is -1.52. The van der Waals surface area contributed by atoms with Crippen molar-refractivity contribution in [1.82, 2.24) is 4.98 Å². The summed E-state index contributed by atoms with van der Waals surface area (Å²) in [6.07, 6.45) is 1.47. The van der Waals surface area contributed by atoms with Gasteiger partial charge >= 0.3 is 0 Å². The summed E-state index contributed by atoms with van der Waals surface area (Å²) in [7, 11) is 0. The van der Waals surface area contributed by atoms with Crippen molar-refractivity contribution >= 4 is 17.5 Å². The van der Waals surface area contributed by atoms with Crippen LogP contribution in [0.15, 0.2) is 48.7 Å². The van der Waals surface area contributed by atoms with Gasteiger partial charge in [-0.05, 0) is 36.4 Å². The molecule has 5 nitrogen and oxygen atoms in total. The van der Waals surface area contributed by atoms with Crippen LogP contribution >= 0.6 is 0 Å². The van der Waals surface area contributed by atoms with Crippen LogP contribution in [0.3, 0.4) is 0 Å². The van der Waals surface area contributed by atoms with E-state index in [0.717, 1.165) is 12.1 Å². The lowest BCUT2D eigenvalue weighted by atomic mass is 9.98. The third-order valence-electron chi connectivity index (χ3n) is 2.70. The van der Waals surface area contributed by atoms with E-state index in [-0.39, 0.29) is 11.4 Å². The van der Waals surface area contributed by atoms with E-state index in [0.29, 0.717) is 0 Å². The van der Waals surface area contributed by atoms with Gasteiger partial charge in [0.2, 0.25) is 0 Å². The molecule has 0 radical (unpaired) electrons.